The zero-order chi connectivity index (χ0) is 9.49. The molecule has 0 fully saturated rings. The molecule has 0 radical (unpaired) electrons. The molecule has 0 aliphatic heterocycles. The van der Waals surface area contributed by atoms with Gasteiger partial charge in [-0.1, -0.05) is 13.8 Å². The number of halogens is 3. The van der Waals surface area contributed by atoms with E-state index in [2.05, 4.69) is 4.74 Å². The minimum atomic E-state index is -4.21. The van der Waals surface area contributed by atoms with Crippen molar-refractivity contribution in [3.8, 4) is 0 Å². The van der Waals surface area contributed by atoms with Gasteiger partial charge in [0.1, 0.15) is 0 Å². The molecule has 11 heavy (non-hydrogen) atoms. The molecule has 0 rings (SSSR count). The average Bonchev–Trinajstić information content (AvgIpc) is 1.91. The zero-order valence-electron chi connectivity index (χ0n) is 7.33. The van der Waals surface area contributed by atoms with Crippen molar-refractivity contribution in [2.24, 2.45) is 0 Å². The highest BCUT2D eigenvalue weighted by atomic mass is 19.4. The Balaban J connectivity index is 0. The van der Waals surface area contributed by atoms with Crippen LogP contribution in [0.2, 0.25) is 0 Å². The Morgan fingerprint density at radius 3 is 1.73 bits per heavy atom. The number of alkyl halides is 3. The highest BCUT2D eigenvalue weighted by Gasteiger charge is 2.36. The van der Waals surface area contributed by atoms with Gasteiger partial charge in [-0.15, -0.1) is 0 Å². The summed E-state index contributed by atoms with van der Waals surface area (Å²) < 4.78 is 38.8. The molecule has 0 bridgehead atoms. The molecule has 0 saturated carbocycles. The fourth-order valence-corrected chi connectivity index (χ4v) is 0.344. The molecule has 1 nitrogen and oxygen atoms in total. The van der Waals surface area contributed by atoms with Crippen molar-refractivity contribution in [1.82, 2.24) is 0 Å². The highest BCUT2D eigenvalue weighted by molar-refractivity contribution is 4.59. The van der Waals surface area contributed by atoms with Crippen LogP contribution in [0.25, 0.3) is 0 Å². The molecular formula is C7H15F3O. The molecule has 0 aliphatic rings. The maximum Gasteiger partial charge on any atom is 0.414 e. The van der Waals surface area contributed by atoms with Crippen molar-refractivity contribution in [3.63, 3.8) is 0 Å². The van der Waals surface area contributed by atoms with E-state index < -0.39 is 12.3 Å². The van der Waals surface area contributed by atoms with Crippen molar-refractivity contribution >= 4 is 0 Å². The topological polar surface area (TPSA) is 9.23 Å². The zero-order valence-corrected chi connectivity index (χ0v) is 7.33. The van der Waals surface area contributed by atoms with Gasteiger partial charge in [0.2, 0.25) is 0 Å². The third-order valence-electron chi connectivity index (χ3n) is 0.878. The summed E-state index contributed by atoms with van der Waals surface area (Å²) in [6, 6.07) is 0. The summed E-state index contributed by atoms with van der Waals surface area (Å²) in [5, 5.41) is 0. The predicted molar refractivity (Wildman–Crippen MR) is 38.5 cm³/mol. The van der Waals surface area contributed by atoms with Crippen molar-refractivity contribution in [3.05, 3.63) is 0 Å². The summed E-state index contributed by atoms with van der Waals surface area (Å²) in [4.78, 5) is 0. The minimum Gasteiger partial charge on any atom is -0.369 e. The Hall–Kier alpha value is -0.250. The van der Waals surface area contributed by atoms with Gasteiger partial charge in [0, 0.05) is 6.61 Å². The van der Waals surface area contributed by atoms with Gasteiger partial charge in [0.25, 0.3) is 0 Å². The molecule has 0 aromatic rings. The van der Waals surface area contributed by atoms with E-state index in [0.29, 0.717) is 0 Å². The van der Waals surface area contributed by atoms with Crippen LogP contribution in [0.1, 0.15) is 27.7 Å². The second-order valence-corrected chi connectivity index (χ2v) is 1.64. The number of hydrogen-bond donors (Lipinski definition) is 0. The van der Waals surface area contributed by atoms with Gasteiger partial charge in [0.15, 0.2) is 6.10 Å². The SMILES string of the molecule is CC.CCOC(C)C(F)(F)F. The predicted octanol–water partition coefficient (Wildman–Crippen LogP) is 3.00. The summed E-state index contributed by atoms with van der Waals surface area (Å²) in [6.07, 6.45) is -5.85. The van der Waals surface area contributed by atoms with E-state index >= 15 is 0 Å². The monoisotopic (exact) mass is 172 g/mol. The second kappa shape index (κ2) is 6.46. The number of rotatable bonds is 2. The van der Waals surface area contributed by atoms with Crippen LogP contribution < -0.4 is 0 Å². The maximum absolute atomic E-state index is 11.5. The fourth-order valence-electron chi connectivity index (χ4n) is 0.344. The normalized spacial score (nSPS) is 13.4. The lowest BCUT2D eigenvalue weighted by Crippen LogP contribution is -2.28. The van der Waals surface area contributed by atoms with Crippen molar-refractivity contribution in [2.45, 2.75) is 40.0 Å². The van der Waals surface area contributed by atoms with Crippen LogP contribution in [0.15, 0.2) is 0 Å². The van der Waals surface area contributed by atoms with E-state index in [4.69, 9.17) is 0 Å². The van der Waals surface area contributed by atoms with Crippen molar-refractivity contribution in [1.29, 1.82) is 0 Å². The van der Waals surface area contributed by atoms with Gasteiger partial charge >= 0.3 is 6.18 Å². The highest BCUT2D eigenvalue weighted by Crippen LogP contribution is 2.21. The third kappa shape index (κ3) is 7.65. The van der Waals surface area contributed by atoms with Crippen LogP contribution in [0.3, 0.4) is 0 Å². The summed E-state index contributed by atoms with van der Waals surface area (Å²) >= 11 is 0. The number of ether oxygens (including phenoxy) is 1. The first-order valence-corrected chi connectivity index (χ1v) is 3.66. The summed E-state index contributed by atoms with van der Waals surface area (Å²) in [7, 11) is 0. The molecule has 0 heterocycles. The molecule has 0 amide bonds. The molecule has 0 saturated heterocycles. The van der Waals surface area contributed by atoms with E-state index in [1.807, 2.05) is 13.8 Å². The van der Waals surface area contributed by atoms with Crippen LogP contribution in [0, 0.1) is 0 Å². The van der Waals surface area contributed by atoms with E-state index in [1.165, 1.54) is 6.92 Å². The van der Waals surface area contributed by atoms with E-state index in [1.54, 1.807) is 0 Å². The van der Waals surface area contributed by atoms with E-state index in [-0.39, 0.29) is 6.61 Å². The Morgan fingerprint density at radius 2 is 1.64 bits per heavy atom. The van der Waals surface area contributed by atoms with Gasteiger partial charge in [0.05, 0.1) is 0 Å². The Morgan fingerprint density at radius 1 is 1.27 bits per heavy atom. The first-order valence-electron chi connectivity index (χ1n) is 3.66. The second-order valence-electron chi connectivity index (χ2n) is 1.64. The lowest BCUT2D eigenvalue weighted by Gasteiger charge is -2.14. The molecule has 1 unspecified atom stereocenters. The van der Waals surface area contributed by atoms with Crippen LogP contribution in [0.5, 0.6) is 0 Å². The summed E-state index contributed by atoms with van der Waals surface area (Å²) in [6.45, 7) is 6.62. The van der Waals surface area contributed by atoms with E-state index in [0.717, 1.165) is 6.92 Å². The lowest BCUT2D eigenvalue weighted by atomic mass is 10.4. The molecule has 1 atom stereocenters. The minimum absolute atomic E-state index is 0.0979. The smallest absolute Gasteiger partial charge is 0.369 e. The molecule has 0 aromatic heterocycles. The fraction of sp³-hybridized carbons (Fsp3) is 1.00. The summed E-state index contributed by atoms with van der Waals surface area (Å²) in [5.41, 5.74) is 0. The Bertz CT molecular complexity index is 80.2. The maximum atomic E-state index is 11.5. The van der Waals surface area contributed by atoms with Crippen LogP contribution in [-0.2, 0) is 4.74 Å². The number of hydrogen-bond acceptors (Lipinski definition) is 1. The quantitative estimate of drug-likeness (QED) is 0.622. The Labute approximate surface area is 65.5 Å². The Kier molecular flexibility index (Phi) is 7.84. The van der Waals surface area contributed by atoms with Gasteiger partial charge in [-0.25, -0.2) is 0 Å². The lowest BCUT2D eigenvalue weighted by molar-refractivity contribution is -0.212. The van der Waals surface area contributed by atoms with Crippen LogP contribution >= 0.6 is 0 Å². The molecule has 4 heteroatoms. The van der Waals surface area contributed by atoms with Crippen molar-refractivity contribution in [2.75, 3.05) is 6.61 Å². The molecule has 0 spiro atoms. The molecule has 0 aromatic carbocycles. The molecule has 70 valence electrons. The van der Waals surface area contributed by atoms with E-state index in [9.17, 15) is 13.2 Å². The molecule has 0 aliphatic carbocycles. The third-order valence-corrected chi connectivity index (χ3v) is 0.878. The standard InChI is InChI=1S/C5H9F3O.C2H6/c1-3-9-4(2)5(6,7)8;1-2/h4H,3H2,1-2H3;1-2H3. The van der Waals surface area contributed by atoms with Gasteiger partial charge in [-0.2, -0.15) is 13.2 Å². The first kappa shape index (κ1) is 13.3. The van der Waals surface area contributed by atoms with Crippen LogP contribution in [-0.4, -0.2) is 18.9 Å². The van der Waals surface area contributed by atoms with Crippen LogP contribution in [0.4, 0.5) is 13.2 Å². The average molecular weight is 172 g/mol. The van der Waals surface area contributed by atoms with Crippen molar-refractivity contribution < 1.29 is 17.9 Å². The first-order chi connectivity index (χ1) is 4.98. The summed E-state index contributed by atoms with van der Waals surface area (Å²) in [5.74, 6) is 0. The molecule has 0 N–H and O–H groups in total. The van der Waals surface area contributed by atoms with Gasteiger partial charge in [-0.3, -0.25) is 0 Å². The van der Waals surface area contributed by atoms with Gasteiger partial charge < -0.3 is 4.74 Å². The van der Waals surface area contributed by atoms with Gasteiger partial charge in [-0.05, 0) is 13.8 Å². The molecular weight excluding hydrogens is 157 g/mol. The largest absolute Gasteiger partial charge is 0.414 e.